The Balaban J connectivity index is 1.45. The second-order valence-electron chi connectivity index (χ2n) is 7.16. The molecule has 2 aromatic rings. The molecule has 2 N–H and O–H groups in total. The third kappa shape index (κ3) is 5.58. The largest absolute Gasteiger partial charge is 0.372 e. The zero-order valence-corrected chi connectivity index (χ0v) is 15.8. The molecule has 2 aromatic carbocycles. The summed E-state index contributed by atoms with van der Waals surface area (Å²) in [5.74, 6) is -0.456. The van der Waals surface area contributed by atoms with E-state index in [9.17, 15) is 9.59 Å². The molecule has 0 saturated carbocycles. The average molecular weight is 365 g/mol. The van der Waals surface area contributed by atoms with Crippen LogP contribution in [0.5, 0.6) is 0 Å². The number of rotatable bonds is 5. The quantitative estimate of drug-likeness (QED) is 0.800. The molecular weight excluding hydrogens is 338 g/mol. The van der Waals surface area contributed by atoms with Crippen molar-refractivity contribution < 1.29 is 9.59 Å². The van der Waals surface area contributed by atoms with E-state index >= 15 is 0 Å². The van der Waals surface area contributed by atoms with Crippen LogP contribution in [0.3, 0.4) is 0 Å². The van der Waals surface area contributed by atoms with Crippen molar-refractivity contribution in [2.45, 2.75) is 26.2 Å². The molecule has 0 aliphatic carbocycles. The molecule has 0 aromatic heterocycles. The average Bonchev–Trinajstić information content (AvgIpc) is 2.70. The second-order valence-corrected chi connectivity index (χ2v) is 7.16. The Morgan fingerprint density at radius 1 is 0.963 bits per heavy atom. The van der Waals surface area contributed by atoms with Crippen LogP contribution in [0, 0.1) is 5.92 Å². The van der Waals surface area contributed by atoms with Gasteiger partial charge in [-0.3, -0.25) is 9.59 Å². The molecule has 5 heteroatoms. The zero-order chi connectivity index (χ0) is 19.1. The van der Waals surface area contributed by atoms with Crippen molar-refractivity contribution in [3.8, 4) is 0 Å². The fourth-order valence-electron chi connectivity index (χ4n) is 3.26. The third-order valence-corrected chi connectivity index (χ3v) is 5.02. The predicted molar refractivity (Wildman–Crippen MR) is 109 cm³/mol. The van der Waals surface area contributed by atoms with Crippen LogP contribution in [0.15, 0.2) is 54.6 Å². The summed E-state index contributed by atoms with van der Waals surface area (Å²) in [6.07, 6.45) is 3.12. The lowest BCUT2D eigenvalue weighted by Gasteiger charge is -2.32. The van der Waals surface area contributed by atoms with E-state index in [0.717, 1.165) is 30.3 Å². The number of benzene rings is 2. The number of piperidine rings is 1. The third-order valence-electron chi connectivity index (χ3n) is 5.02. The summed E-state index contributed by atoms with van der Waals surface area (Å²) in [5, 5.41) is 5.32. The first-order chi connectivity index (χ1) is 13.1. The van der Waals surface area contributed by atoms with Crippen molar-refractivity contribution in [1.29, 1.82) is 0 Å². The number of hydrogen-bond donors (Lipinski definition) is 2. The summed E-state index contributed by atoms with van der Waals surface area (Å²) in [6, 6.07) is 17.6. The van der Waals surface area contributed by atoms with Gasteiger partial charge in [0.1, 0.15) is 0 Å². The summed E-state index contributed by atoms with van der Waals surface area (Å²) in [7, 11) is 0. The summed E-state index contributed by atoms with van der Waals surface area (Å²) < 4.78 is 0. The highest BCUT2D eigenvalue weighted by Gasteiger charge is 2.17. The van der Waals surface area contributed by atoms with E-state index in [2.05, 4.69) is 22.5 Å². The molecular formula is C22H27N3O2. The fourth-order valence-corrected chi connectivity index (χ4v) is 3.26. The Morgan fingerprint density at radius 2 is 1.63 bits per heavy atom. The van der Waals surface area contributed by atoms with E-state index < -0.39 is 11.8 Å². The molecule has 3 rings (SSSR count). The van der Waals surface area contributed by atoms with Gasteiger partial charge in [-0.25, -0.2) is 0 Å². The van der Waals surface area contributed by atoms with Crippen molar-refractivity contribution in [1.82, 2.24) is 5.32 Å². The number of hydrogen-bond acceptors (Lipinski definition) is 3. The molecule has 0 unspecified atom stereocenters. The Hall–Kier alpha value is -2.82. The van der Waals surface area contributed by atoms with Crippen molar-refractivity contribution in [3.63, 3.8) is 0 Å². The van der Waals surface area contributed by atoms with Crippen LogP contribution in [0.1, 0.15) is 25.3 Å². The van der Waals surface area contributed by atoms with Crippen LogP contribution >= 0.6 is 0 Å². The molecule has 0 radical (unpaired) electrons. The number of nitrogens with one attached hydrogen (secondary N) is 2. The molecule has 142 valence electrons. The van der Waals surface area contributed by atoms with E-state index in [4.69, 9.17) is 0 Å². The highest BCUT2D eigenvalue weighted by Crippen LogP contribution is 2.24. The van der Waals surface area contributed by atoms with Crippen molar-refractivity contribution in [3.05, 3.63) is 60.2 Å². The molecule has 1 saturated heterocycles. The first kappa shape index (κ1) is 19.0. The minimum Gasteiger partial charge on any atom is -0.372 e. The molecule has 1 aliphatic rings. The maximum atomic E-state index is 12.0. The topological polar surface area (TPSA) is 61.4 Å². The van der Waals surface area contributed by atoms with E-state index in [1.807, 2.05) is 54.6 Å². The molecule has 1 aliphatic heterocycles. The van der Waals surface area contributed by atoms with Gasteiger partial charge in [-0.1, -0.05) is 37.3 Å². The van der Waals surface area contributed by atoms with Gasteiger partial charge in [0.05, 0.1) is 0 Å². The van der Waals surface area contributed by atoms with Gasteiger partial charge >= 0.3 is 11.8 Å². The zero-order valence-electron chi connectivity index (χ0n) is 15.8. The van der Waals surface area contributed by atoms with Gasteiger partial charge in [0.15, 0.2) is 0 Å². The summed E-state index contributed by atoms with van der Waals surface area (Å²) in [6.45, 7) is 4.86. The van der Waals surface area contributed by atoms with Gasteiger partial charge < -0.3 is 15.5 Å². The predicted octanol–water partition coefficient (Wildman–Crippen LogP) is 3.22. The number of anilines is 2. The Bertz CT molecular complexity index is 751. The highest BCUT2D eigenvalue weighted by atomic mass is 16.2. The normalized spacial score (nSPS) is 14.6. The molecule has 27 heavy (non-hydrogen) atoms. The molecule has 0 bridgehead atoms. The Morgan fingerprint density at radius 3 is 2.30 bits per heavy atom. The van der Waals surface area contributed by atoms with E-state index in [1.54, 1.807) is 0 Å². The summed E-state index contributed by atoms with van der Waals surface area (Å²) in [5.41, 5.74) is 2.92. The Kier molecular flexibility index (Phi) is 6.47. The minimum absolute atomic E-state index is 0.433. The summed E-state index contributed by atoms with van der Waals surface area (Å²) >= 11 is 0. The van der Waals surface area contributed by atoms with Crippen LogP contribution in [0.2, 0.25) is 0 Å². The smallest absolute Gasteiger partial charge is 0.313 e. The van der Waals surface area contributed by atoms with Crippen LogP contribution in [-0.4, -0.2) is 31.4 Å². The second kappa shape index (κ2) is 9.21. The molecule has 1 fully saturated rings. The van der Waals surface area contributed by atoms with Gasteiger partial charge in [0, 0.05) is 31.0 Å². The van der Waals surface area contributed by atoms with Crippen molar-refractivity contribution in [2.75, 3.05) is 29.9 Å². The maximum absolute atomic E-state index is 12.0. The van der Waals surface area contributed by atoms with Gasteiger partial charge in [-0.2, -0.15) is 0 Å². The SMILES string of the molecule is CC1CCN(c2ccc(NC(=O)C(=O)NCCc3ccccc3)cc2)CC1. The monoisotopic (exact) mass is 365 g/mol. The molecule has 2 amide bonds. The first-order valence-corrected chi connectivity index (χ1v) is 9.60. The molecule has 5 nitrogen and oxygen atoms in total. The van der Waals surface area contributed by atoms with E-state index in [-0.39, 0.29) is 0 Å². The number of carbonyl (C=O) groups is 2. The lowest BCUT2D eigenvalue weighted by molar-refractivity contribution is -0.136. The van der Waals surface area contributed by atoms with E-state index in [1.165, 1.54) is 12.8 Å². The Labute approximate surface area is 160 Å². The van der Waals surface area contributed by atoms with Crippen molar-refractivity contribution >= 4 is 23.2 Å². The standard InChI is InChI=1S/C22H27N3O2/c1-17-12-15-25(16-13-17)20-9-7-19(8-10-20)24-22(27)21(26)23-14-11-18-5-3-2-4-6-18/h2-10,17H,11-16H2,1H3,(H,23,26)(H,24,27). The van der Waals surface area contributed by atoms with Crippen LogP contribution in [0.4, 0.5) is 11.4 Å². The van der Waals surface area contributed by atoms with E-state index in [0.29, 0.717) is 18.7 Å². The number of amides is 2. The minimum atomic E-state index is -0.636. The van der Waals surface area contributed by atoms with Crippen molar-refractivity contribution in [2.24, 2.45) is 5.92 Å². The maximum Gasteiger partial charge on any atom is 0.313 e. The fraction of sp³-hybridized carbons (Fsp3) is 0.364. The molecule has 1 heterocycles. The highest BCUT2D eigenvalue weighted by molar-refractivity contribution is 6.39. The molecule has 0 atom stereocenters. The van der Waals surface area contributed by atoms with Gasteiger partial charge in [0.25, 0.3) is 0 Å². The van der Waals surface area contributed by atoms with Gasteiger partial charge in [-0.15, -0.1) is 0 Å². The van der Waals surface area contributed by atoms with Crippen LogP contribution in [-0.2, 0) is 16.0 Å². The van der Waals surface area contributed by atoms with Gasteiger partial charge in [0.2, 0.25) is 0 Å². The van der Waals surface area contributed by atoms with Crippen LogP contribution in [0.25, 0.3) is 0 Å². The first-order valence-electron chi connectivity index (χ1n) is 9.60. The van der Waals surface area contributed by atoms with Crippen LogP contribution < -0.4 is 15.5 Å². The lowest BCUT2D eigenvalue weighted by atomic mass is 9.99. The number of carbonyl (C=O) groups excluding carboxylic acids is 2. The lowest BCUT2D eigenvalue weighted by Crippen LogP contribution is -2.36. The number of nitrogens with zero attached hydrogens (tertiary/aromatic N) is 1. The van der Waals surface area contributed by atoms with Gasteiger partial charge in [-0.05, 0) is 55.0 Å². The molecule has 0 spiro atoms. The summed E-state index contributed by atoms with van der Waals surface area (Å²) in [4.78, 5) is 26.4.